The molecule has 3 atom stereocenters. The van der Waals surface area contributed by atoms with Gasteiger partial charge in [0.2, 0.25) is 0 Å². The number of hydrogen-bond donors (Lipinski definition) is 1. The van der Waals surface area contributed by atoms with Crippen LogP contribution < -0.4 is 5.73 Å². The molecule has 2 heterocycles. The maximum atomic E-state index is 5.80. The minimum absolute atomic E-state index is 0.533. The van der Waals surface area contributed by atoms with Crippen molar-refractivity contribution < 1.29 is 4.42 Å². The molecule has 0 amide bonds. The average molecular weight is 236 g/mol. The molecule has 0 spiro atoms. The molecule has 0 saturated carbocycles. The summed E-state index contributed by atoms with van der Waals surface area (Å²) in [5, 5.41) is 0. The van der Waals surface area contributed by atoms with Gasteiger partial charge >= 0.3 is 0 Å². The maximum Gasteiger partial charge on any atom is 0.105 e. The third kappa shape index (κ3) is 3.11. The Morgan fingerprint density at radius 2 is 2.35 bits per heavy atom. The molecule has 1 aromatic heterocycles. The second-order valence-electron chi connectivity index (χ2n) is 5.36. The first kappa shape index (κ1) is 12.7. The lowest BCUT2D eigenvalue weighted by molar-refractivity contribution is 0.0791. The second-order valence-corrected chi connectivity index (χ2v) is 5.36. The first-order valence-corrected chi connectivity index (χ1v) is 6.69. The second kappa shape index (κ2) is 5.69. The molecule has 1 saturated heterocycles. The first-order valence-electron chi connectivity index (χ1n) is 6.69. The van der Waals surface area contributed by atoms with Crippen molar-refractivity contribution in [2.24, 2.45) is 11.7 Å². The van der Waals surface area contributed by atoms with Gasteiger partial charge in [-0.1, -0.05) is 0 Å². The molecule has 0 aromatic carbocycles. The van der Waals surface area contributed by atoms with E-state index in [1.807, 2.05) is 6.07 Å². The standard InChI is InChI=1S/C14H24N2O/c1-11-5-6-13(9-15)10-16(11)12(2)8-14-4-3-7-17-14/h3-4,7,11-13H,5-6,8-10,15H2,1-2H3. The molecule has 3 heteroatoms. The fourth-order valence-electron chi connectivity index (χ4n) is 2.86. The first-order chi connectivity index (χ1) is 8.20. The van der Waals surface area contributed by atoms with E-state index in [0.717, 1.165) is 25.3 Å². The molecule has 0 bridgehead atoms. The Morgan fingerprint density at radius 1 is 1.53 bits per heavy atom. The zero-order valence-corrected chi connectivity index (χ0v) is 10.9. The topological polar surface area (TPSA) is 42.4 Å². The Balaban J connectivity index is 1.94. The average Bonchev–Trinajstić information content (AvgIpc) is 2.82. The van der Waals surface area contributed by atoms with Gasteiger partial charge in [0.15, 0.2) is 0 Å². The third-order valence-electron chi connectivity index (χ3n) is 4.00. The lowest BCUT2D eigenvalue weighted by atomic mass is 9.91. The monoisotopic (exact) mass is 236 g/mol. The van der Waals surface area contributed by atoms with E-state index in [0.29, 0.717) is 18.0 Å². The molecular formula is C14H24N2O. The fraction of sp³-hybridized carbons (Fsp3) is 0.714. The van der Waals surface area contributed by atoms with E-state index in [4.69, 9.17) is 10.2 Å². The van der Waals surface area contributed by atoms with Crippen LogP contribution in [-0.4, -0.2) is 30.1 Å². The van der Waals surface area contributed by atoms with E-state index in [2.05, 4.69) is 24.8 Å². The van der Waals surface area contributed by atoms with Crippen molar-refractivity contribution in [1.82, 2.24) is 4.90 Å². The van der Waals surface area contributed by atoms with Crippen LogP contribution in [0.2, 0.25) is 0 Å². The highest BCUT2D eigenvalue weighted by Crippen LogP contribution is 2.24. The summed E-state index contributed by atoms with van der Waals surface area (Å²) >= 11 is 0. The summed E-state index contributed by atoms with van der Waals surface area (Å²) in [5.41, 5.74) is 5.80. The summed E-state index contributed by atoms with van der Waals surface area (Å²) in [6.07, 6.45) is 5.30. The Labute approximate surface area is 104 Å². The van der Waals surface area contributed by atoms with Gasteiger partial charge in [-0.25, -0.2) is 0 Å². The molecule has 3 nitrogen and oxygen atoms in total. The molecule has 0 radical (unpaired) electrons. The van der Waals surface area contributed by atoms with Gasteiger partial charge in [0.1, 0.15) is 5.76 Å². The van der Waals surface area contributed by atoms with E-state index in [1.54, 1.807) is 6.26 Å². The summed E-state index contributed by atoms with van der Waals surface area (Å²) < 4.78 is 5.43. The van der Waals surface area contributed by atoms with Gasteiger partial charge in [-0.2, -0.15) is 0 Å². The molecule has 1 aliphatic rings. The van der Waals surface area contributed by atoms with Crippen molar-refractivity contribution in [3.63, 3.8) is 0 Å². The lowest BCUT2D eigenvalue weighted by Gasteiger charge is -2.41. The van der Waals surface area contributed by atoms with Crippen LogP contribution in [0, 0.1) is 5.92 Å². The highest BCUT2D eigenvalue weighted by atomic mass is 16.3. The van der Waals surface area contributed by atoms with Crippen LogP contribution in [0.5, 0.6) is 0 Å². The number of nitrogens with two attached hydrogens (primary N) is 1. The van der Waals surface area contributed by atoms with Crippen LogP contribution in [0.4, 0.5) is 0 Å². The maximum absolute atomic E-state index is 5.80. The Bertz CT molecular complexity index is 323. The number of hydrogen-bond acceptors (Lipinski definition) is 3. The van der Waals surface area contributed by atoms with Crippen molar-refractivity contribution in [3.05, 3.63) is 24.2 Å². The van der Waals surface area contributed by atoms with E-state index in [1.165, 1.54) is 12.8 Å². The number of nitrogens with zero attached hydrogens (tertiary/aromatic N) is 1. The van der Waals surface area contributed by atoms with Crippen molar-refractivity contribution >= 4 is 0 Å². The van der Waals surface area contributed by atoms with Crippen LogP contribution in [0.1, 0.15) is 32.4 Å². The largest absolute Gasteiger partial charge is 0.469 e. The minimum Gasteiger partial charge on any atom is -0.469 e. The lowest BCUT2D eigenvalue weighted by Crippen LogP contribution is -2.48. The number of likely N-dealkylation sites (tertiary alicyclic amines) is 1. The molecule has 3 unspecified atom stereocenters. The van der Waals surface area contributed by atoms with Crippen LogP contribution in [0.3, 0.4) is 0 Å². The number of furan rings is 1. The highest BCUT2D eigenvalue weighted by Gasteiger charge is 2.28. The van der Waals surface area contributed by atoms with E-state index < -0.39 is 0 Å². The molecule has 17 heavy (non-hydrogen) atoms. The molecule has 0 aliphatic carbocycles. The summed E-state index contributed by atoms with van der Waals surface area (Å²) in [6, 6.07) is 5.23. The Hall–Kier alpha value is -0.800. The SMILES string of the molecule is CC1CCC(CN)CN1C(C)Cc1ccco1. The van der Waals surface area contributed by atoms with E-state index in [9.17, 15) is 0 Å². The van der Waals surface area contributed by atoms with Gasteiger partial charge in [-0.3, -0.25) is 4.90 Å². The predicted molar refractivity (Wildman–Crippen MR) is 69.8 cm³/mol. The summed E-state index contributed by atoms with van der Waals surface area (Å²) in [4.78, 5) is 2.59. The fourth-order valence-corrected chi connectivity index (χ4v) is 2.86. The Morgan fingerprint density at radius 3 is 3.00 bits per heavy atom. The zero-order chi connectivity index (χ0) is 12.3. The van der Waals surface area contributed by atoms with Crippen molar-refractivity contribution in [2.45, 2.75) is 45.2 Å². The van der Waals surface area contributed by atoms with Gasteiger partial charge in [-0.15, -0.1) is 0 Å². The van der Waals surface area contributed by atoms with Crippen molar-refractivity contribution in [2.75, 3.05) is 13.1 Å². The molecule has 1 fully saturated rings. The van der Waals surface area contributed by atoms with E-state index >= 15 is 0 Å². The molecule has 2 rings (SSSR count). The van der Waals surface area contributed by atoms with Crippen molar-refractivity contribution in [1.29, 1.82) is 0 Å². The summed E-state index contributed by atoms with van der Waals surface area (Å²) in [5.74, 6) is 1.75. The van der Waals surface area contributed by atoms with Gasteiger partial charge < -0.3 is 10.2 Å². The number of piperidine rings is 1. The summed E-state index contributed by atoms with van der Waals surface area (Å²) in [7, 11) is 0. The molecule has 2 N–H and O–H groups in total. The summed E-state index contributed by atoms with van der Waals surface area (Å²) in [6.45, 7) is 6.57. The van der Waals surface area contributed by atoms with E-state index in [-0.39, 0.29) is 0 Å². The number of rotatable bonds is 4. The van der Waals surface area contributed by atoms with Crippen LogP contribution in [0.25, 0.3) is 0 Å². The minimum atomic E-state index is 0.533. The van der Waals surface area contributed by atoms with Crippen LogP contribution in [0.15, 0.2) is 22.8 Å². The van der Waals surface area contributed by atoms with Gasteiger partial charge in [0, 0.05) is 25.0 Å². The molecule has 1 aromatic rings. The zero-order valence-electron chi connectivity index (χ0n) is 10.9. The van der Waals surface area contributed by atoms with Crippen LogP contribution in [-0.2, 0) is 6.42 Å². The predicted octanol–water partition coefficient (Wildman–Crippen LogP) is 2.27. The third-order valence-corrected chi connectivity index (χ3v) is 4.00. The smallest absolute Gasteiger partial charge is 0.105 e. The van der Waals surface area contributed by atoms with Gasteiger partial charge in [-0.05, 0) is 51.3 Å². The Kier molecular flexibility index (Phi) is 4.24. The molecule has 1 aliphatic heterocycles. The van der Waals surface area contributed by atoms with Gasteiger partial charge in [0.05, 0.1) is 6.26 Å². The highest BCUT2D eigenvalue weighted by molar-refractivity contribution is 5.01. The van der Waals surface area contributed by atoms with Crippen molar-refractivity contribution in [3.8, 4) is 0 Å². The quantitative estimate of drug-likeness (QED) is 0.872. The molecular weight excluding hydrogens is 212 g/mol. The van der Waals surface area contributed by atoms with Gasteiger partial charge in [0.25, 0.3) is 0 Å². The molecule has 96 valence electrons. The normalized spacial score (nSPS) is 28.2. The van der Waals surface area contributed by atoms with Crippen LogP contribution >= 0.6 is 0 Å².